The van der Waals surface area contributed by atoms with Crippen molar-refractivity contribution in [1.82, 2.24) is 0 Å². The second-order valence-electron chi connectivity index (χ2n) is 7.64. The molecule has 11 heteroatoms. The van der Waals surface area contributed by atoms with E-state index in [-0.39, 0.29) is 25.7 Å². The van der Waals surface area contributed by atoms with Crippen LogP contribution in [0, 0.1) is 0 Å². The topological polar surface area (TPSA) is 34.1 Å². The Morgan fingerprint density at radius 3 is 1.30 bits per heavy atom. The molecule has 0 aromatic carbocycles. The highest BCUT2D eigenvalue weighted by Gasteiger charge is 2.68. The lowest BCUT2D eigenvalue weighted by atomic mass is 9.83. The summed E-state index contributed by atoms with van der Waals surface area (Å²) >= 11 is 0. The molecule has 0 heterocycles. The van der Waals surface area contributed by atoms with E-state index >= 15 is 0 Å². The molecule has 0 N–H and O–H groups in total. The smallest absolute Gasteiger partial charge is 0.246 e. The SMILES string of the molecule is O=S(=O)(C1(CC(F)(F)F)CCCCC1F)C1(CC(F)(F)F)CCCCC1F. The molecule has 0 spiro atoms. The molecule has 0 aliphatic heterocycles. The largest absolute Gasteiger partial charge is 0.390 e. The first-order valence-electron chi connectivity index (χ1n) is 8.83. The molecule has 2 nitrogen and oxygen atoms in total. The third-order valence-corrected chi connectivity index (χ3v) is 9.18. The molecule has 2 aliphatic rings. The standard InChI is InChI=1S/C16H22F8O2S/c17-11-5-1-3-7-13(11,9-15(19,20)21)27(25,26)14(10-16(22,23)24)8-4-2-6-12(14)18/h11-12H,1-10H2. The van der Waals surface area contributed by atoms with E-state index in [9.17, 15) is 43.5 Å². The summed E-state index contributed by atoms with van der Waals surface area (Å²) in [6.07, 6.45) is -21.8. The van der Waals surface area contributed by atoms with Crippen LogP contribution in [0.2, 0.25) is 0 Å². The fourth-order valence-corrected chi connectivity index (χ4v) is 7.86. The lowest BCUT2D eigenvalue weighted by Gasteiger charge is -2.49. The Bertz CT molecular complexity index is 581. The van der Waals surface area contributed by atoms with Gasteiger partial charge in [-0.2, -0.15) is 26.3 Å². The summed E-state index contributed by atoms with van der Waals surface area (Å²) in [5.74, 6) is 0. The van der Waals surface area contributed by atoms with E-state index < -0.39 is 82.6 Å². The minimum absolute atomic E-state index is 0.0746. The van der Waals surface area contributed by atoms with E-state index in [1.165, 1.54) is 0 Å². The van der Waals surface area contributed by atoms with Crippen molar-refractivity contribution >= 4 is 9.84 Å². The predicted octanol–water partition coefficient (Wildman–Crippen LogP) is 5.61. The summed E-state index contributed by atoms with van der Waals surface area (Å²) in [7, 11) is -5.46. The average molecular weight is 430 g/mol. The molecule has 0 bridgehead atoms. The van der Waals surface area contributed by atoms with Gasteiger partial charge in [0.1, 0.15) is 21.8 Å². The van der Waals surface area contributed by atoms with Crippen molar-refractivity contribution in [3.63, 3.8) is 0 Å². The maximum Gasteiger partial charge on any atom is 0.390 e. The number of hydrogen-bond acceptors (Lipinski definition) is 2. The minimum atomic E-state index is -5.46. The summed E-state index contributed by atoms with van der Waals surface area (Å²) in [6, 6.07) is 0. The average Bonchev–Trinajstić information content (AvgIpc) is 2.49. The van der Waals surface area contributed by atoms with E-state index in [0.717, 1.165) is 0 Å². The predicted molar refractivity (Wildman–Crippen MR) is 82.5 cm³/mol. The van der Waals surface area contributed by atoms with Crippen molar-refractivity contribution in [3.8, 4) is 0 Å². The van der Waals surface area contributed by atoms with Gasteiger partial charge in [0.05, 0.1) is 12.8 Å². The minimum Gasteiger partial charge on any atom is -0.246 e. The van der Waals surface area contributed by atoms with E-state index in [0.29, 0.717) is 0 Å². The van der Waals surface area contributed by atoms with Crippen LogP contribution in [0.5, 0.6) is 0 Å². The molecule has 0 saturated heterocycles. The molecule has 160 valence electrons. The van der Waals surface area contributed by atoms with Gasteiger partial charge in [0, 0.05) is 0 Å². The van der Waals surface area contributed by atoms with E-state index in [4.69, 9.17) is 0 Å². The Labute approximate surface area is 152 Å². The fraction of sp³-hybridized carbons (Fsp3) is 1.00. The van der Waals surface area contributed by atoms with E-state index in [2.05, 4.69) is 0 Å². The van der Waals surface area contributed by atoms with Gasteiger partial charge in [-0.1, -0.05) is 25.7 Å². The number of alkyl halides is 8. The normalized spacial score (nSPS) is 36.6. The highest BCUT2D eigenvalue weighted by Crippen LogP contribution is 2.54. The summed E-state index contributed by atoms with van der Waals surface area (Å²) in [5, 5.41) is 0. The molecular weight excluding hydrogens is 408 g/mol. The molecule has 2 fully saturated rings. The molecule has 4 atom stereocenters. The maximum atomic E-state index is 14.7. The van der Waals surface area contributed by atoms with Crippen LogP contribution in [0.3, 0.4) is 0 Å². The van der Waals surface area contributed by atoms with Gasteiger partial charge in [-0.25, -0.2) is 17.2 Å². The molecule has 0 amide bonds. The Hall–Kier alpha value is -0.610. The highest BCUT2D eigenvalue weighted by molar-refractivity contribution is 7.94. The first-order valence-corrected chi connectivity index (χ1v) is 10.3. The van der Waals surface area contributed by atoms with Gasteiger partial charge in [0.25, 0.3) is 0 Å². The lowest BCUT2D eigenvalue weighted by molar-refractivity contribution is -0.151. The number of hydrogen-bond donors (Lipinski definition) is 0. The quantitative estimate of drug-likeness (QED) is 0.544. The number of halogens is 8. The molecule has 2 saturated carbocycles. The molecule has 2 aliphatic carbocycles. The molecule has 0 radical (unpaired) electrons. The van der Waals surface area contributed by atoms with Crippen LogP contribution in [0.15, 0.2) is 0 Å². The van der Waals surface area contributed by atoms with E-state index in [1.54, 1.807) is 0 Å². The van der Waals surface area contributed by atoms with Crippen LogP contribution in [0.1, 0.15) is 64.2 Å². The monoisotopic (exact) mass is 430 g/mol. The van der Waals surface area contributed by atoms with Crippen LogP contribution in [-0.2, 0) is 9.84 Å². The van der Waals surface area contributed by atoms with Gasteiger partial charge in [-0.05, 0) is 25.7 Å². The van der Waals surface area contributed by atoms with Crippen LogP contribution < -0.4 is 0 Å². The Kier molecular flexibility index (Phi) is 6.16. The van der Waals surface area contributed by atoms with Gasteiger partial charge >= 0.3 is 12.4 Å². The maximum absolute atomic E-state index is 14.7. The Morgan fingerprint density at radius 1 is 0.704 bits per heavy atom. The van der Waals surface area contributed by atoms with Crippen LogP contribution >= 0.6 is 0 Å². The van der Waals surface area contributed by atoms with Gasteiger partial charge in [-0.15, -0.1) is 0 Å². The summed E-state index contributed by atoms with van der Waals surface area (Å²) < 4.78 is 129. The Morgan fingerprint density at radius 2 is 1.04 bits per heavy atom. The third kappa shape index (κ3) is 4.22. The van der Waals surface area contributed by atoms with Gasteiger partial charge in [0.15, 0.2) is 9.84 Å². The summed E-state index contributed by atoms with van der Waals surface area (Å²) in [5.41, 5.74) is 0. The van der Waals surface area contributed by atoms with Gasteiger partial charge < -0.3 is 0 Å². The first-order chi connectivity index (χ1) is 12.2. The molecule has 4 unspecified atom stereocenters. The first kappa shape index (κ1) is 22.7. The number of rotatable bonds is 4. The van der Waals surface area contributed by atoms with Crippen molar-refractivity contribution in [2.24, 2.45) is 0 Å². The molecule has 27 heavy (non-hydrogen) atoms. The zero-order valence-electron chi connectivity index (χ0n) is 14.5. The van der Waals surface area contributed by atoms with Crippen molar-refractivity contribution in [3.05, 3.63) is 0 Å². The fourth-order valence-electron chi connectivity index (χ4n) is 4.61. The van der Waals surface area contributed by atoms with Crippen molar-refractivity contribution in [2.45, 2.75) is 98.4 Å². The van der Waals surface area contributed by atoms with Crippen molar-refractivity contribution in [1.29, 1.82) is 0 Å². The molecule has 0 aromatic rings. The zero-order chi connectivity index (χ0) is 20.7. The zero-order valence-corrected chi connectivity index (χ0v) is 15.3. The molecule has 0 aromatic heterocycles. The summed E-state index contributed by atoms with van der Waals surface area (Å²) in [6.45, 7) is 0. The third-order valence-electron chi connectivity index (χ3n) is 5.83. The van der Waals surface area contributed by atoms with Crippen LogP contribution in [0.25, 0.3) is 0 Å². The Balaban J connectivity index is 2.66. The lowest BCUT2D eigenvalue weighted by Crippen LogP contribution is -2.64. The van der Waals surface area contributed by atoms with Gasteiger partial charge in [0.2, 0.25) is 0 Å². The van der Waals surface area contributed by atoms with Crippen LogP contribution in [0.4, 0.5) is 35.1 Å². The molecular formula is C16H22F8O2S. The van der Waals surface area contributed by atoms with Crippen molar-refractivity contribution < 1.29 is 43.5 Å². The molecule has 2 rings (SSSR count). The van der Waals surface area contributed by atoms with E-state index in [1.807, 2.05) is 0 Å². The second-order valence-corrected chi connectivity index (χ2v) is 10.3. The van der Waals surface area contributed by atoms with Gasteiger partial charge in [-0.3, -0.25) is 0 Å². The van der Waals surface area contributed by atoms with Crippen molar-refractivity contribution in [2.75, 3.05) is 0 Å². The summed E-state index contributed by atoms with van der Waals surface area (Å²) in [4.78, 5) is 0. The second kappa shape index (κ2) is 7.33. The highest BCUT2D eigenvalue weighted by atomic mass is 32.2. The van der Waals surface area contributed by atoms with Crippen LogP contribution in [-0.4, -0.2) is 42.6 Å². The number of sulfone groups is 1.